The minimum atomic E-state index is -3.83. The van der Waals surface area contributed by atoms with Gasteiger partial charge in [-0.2, -0.15) is 13.9 Å². The maximum atomic E-state index is 14.5. The lowest BCUT2D eigenvalue weighted by Gasteiger charge is -2.21. The summed E-state index contributed by atoms with van der Waals surface area (Å²) in [7, 11) is 1.13. The van der Waals surface area contributed by atoms with E-state index < -0.39 is 29.4 Å². The van der Waals surface area contributed by atoms with Gasteiger partial charge in [0.2, 0.25) is 0 Å². The maximum Gasteiger partial charge on any atom is 0.352 e. The van der Waals surface area contributed by atoms with Gasteiger partial charge in [0.1, 0.15) is 0 Å². The summed E-state index contributed by atoms with van der Waals surface area (Å²) in [4.78, 5) is 24.3. The summed E-state index contributed by atoms with van der Waals surface area (Å²) in [5.41, 5.74) is 1.66. The van der Waals surface area contributed by atoms with Gasteiger partial charge in [-0.25, -0.2) is 4.79 Å². The topological polar surface area (TPSA) is 73.2 Å². The van der Waals surface area contributed by atoms with E-state index in [0.29, 0.717) is 12.1 Å². The Morgan fingerprint density at radius 3 is 2.54 bits per heavy atom. The van der Waals surface area contributed by atoms with Gasteiger partial charge < -0.3 is 10.1 Å². The number of aryl methyl sites for hydroxylation is 3. The molecule has 0 radical (unpaired) electrons. The number of nitrogens with zero attached hydrogens (tertiary/aromatic N) is 2. The Morgan fingerprint density at radius 1 is 1.31 bits per heavy atom. The van der Waals surface area contributed by atoms with E-state index in [1.165, 1.54) is 4.68 Å². The van der Waals surface area contributed by atoms with Crippen LogP contribution in [0.2, 0.25) is 0 Å². The number of hydrogen-bond donors (Lipinski definition) is 1. The van der Waals surface area contributed by atoms with Crippen molar-refractivity contribution in [1.82, 2.24) is 15.1 Å². The molecule has 6 nitrogen and oxygen atoms in total. The molecule has 1 atom stereocenters. The van der Waals surface area contributed by atoms with Crippen molar-refractivity contribution in [2.75, 3.05) is 7.11 Å². The second-order valence-electron chi connectivity index (χ2n) is 5.93. The van der Waals surface area contributed by atoms with Crippen LogP contribution in [0.5, 0.6) is 0 Å². The van der Waals surface area contributed by atoms with Crippen LogP contribution in [0.25, 0.3) is 0 Å². The Balaban J connectivity index is 2.30. The van der Waals surface area contributed by atoms with E-state index in [0.717, 1.165) is 30.6 Å². The molecular formula is C18H21F2N3O3. The van der Waals surface area contributed by atoms with Crippen molar-refractivity contribution in [3.8, 4) is 0 Å². The zero-order chi connectivity index (χ0) is 19.5. The number of carbonyl (C=O) groups is 2. The molecule has 1 heterocycles. The molecule has 0 spiro atoms. The minimum Gasteiger partial charge on any atom is -0.467 e. The molecule has 140 valence electrons. The second kappa shape index (κ2) is 7.63. The van der Waals surface area contributed by atoms with Crippen molar-refractivity contribution in [2.24, 2.45) is 0 Å². The van der Waals surface area contributed by atoms with Crippen molar-refractivity contribution in [1.29, 1.82) is 0 Å². The third-order valence-electron chi connectivity index (χ3n) is 4.18. The molecule has 0 bridgehead atoms. The average molecular weight is 365 g/mol. The zero-order valence-corrected chi connectivity index (χ0v) is 15.0. The van der Waals surface area contributed by atoms with Crippen LogP contribution < -0.4 is 5.32 Å². The van der Waals surface area contributed by atoms with Crippen LogP contribution in [0, 0.1) is 13.8 Å². The largest absolute Gasteiger partial charge is 0.467 e. The Labute approximate surface area is 150 Å². The highest BCUT2D eigenvalue weighted by atomic mass is 19.3. The molecule has 0 saturated carbocycles. The number of aromatic nitrogens is 2. The predicted molar refractivity (Wildman–Crippen MR) is 90.6 cm³/mol. The van der Waals surface area contributed by atoms with Crippen molar-refractivity contribution in [2.45, 2.75) is 39.3 Å². The molecule has 0 fully saturated rings. The number of amides is 1. The summed E-state index contributed by atoms with van der Waals surface area (Å²) in [5.74, 6) is -6.26. The number of hydrogen-bond acceptors (Lipinski definition) is 4. The van der Waals surface area contributed by atoms with E-state index in [1.54, 1.807) is 25.1 Å². The molecule has 2 aromatic rings. The van der Waals surface area contributed by atoms with Crippen LogP contribution in [-0.2, 0) is 26.8 Å². The van der Waals surface area contributed by atoms with Crippen molar-refractivity contribution in [3.63, 3.8) is 0 Å². The highest BCUT2D eigenvalue weighted by Gasteiger charge is 2.44. The fourth-order valence-electron chi connectivity index (χ4n) is 2.39. The van der Waals surface area contributed by atoms with E-state index >= 15 is 0 Å². The normalized spacial score (nSPS) is 12.5. The van der Waals surface area contributed by atoms with Crippen LogP contribution in [0.15, 0.2) is 30.6 Å². The Bertz CT molecular complexity index is 818. The van der Waals surface area contributed by atoms with Crippen molar-refractivity contribution >= 4 is 11.9 Å². The van der Waals surface area contributed by atoms with Gasteiger partial charge in [0.15, 0.2) is 6.04 Å². The molecule has 8 heteroatoms. The maximum absolute atomic E-state index is 14.5. The number of ether oxygens (including phenoxy) is 1. The molecule has 1 unspecified atom stereocenters. The molecule has 0 saturated heterocycles. The van der Waals surface area contributed by atoms with Crippen molar-refractivity contribution in [3.05, 3.63) is 52.8 Å². The predicted octanol–water partition coefficient (Wildman–Crippen LogP) is 2.64. The van der Waals surface area contributed by atoms with Crippen LogP contribution in [0.3, 0.4) is 0 Å². The summed E-state index contributed by atoms with van der Waals surface area (Å²) in [6, 6.07) is 3.66. The van der Waals surface area contributed by atoms with E-state index in [9.17, 15) is 18.4 Å². The van der Waals surface area contributed by atoms with Crippen LogP contribution in [0.1, 0.15) is 35.2 Å². The SMILES string of the molecule is CCn1cc(C(F)(F)C(=O)NC(C(=O)OC)c2ccc(C)c(C)c2)cn1. The standard InChI is InChI=1S/C18H21F2N3O3/c1-5-23-10-14(9-21-23)18(19,20)17(25)22-15(16(24)26-4)13-7-6-11(2)12(3)8-13/h6-10,15H,5H2,1-4H3,(H,22,25). The number of methoxy groups -OCH3 is 1. The van der Waals surface area contributed by atoms with Gasteiger partial charge in [0.25, 0.3) is 5.91 Å². The molecule has 1 amide bonds. The molecule has 0 aliphatic carbocycles. The molecule has 26 heavy (non-hydrogen) atoms. The number of esters is 1. The van der Waals surface area contributed by atoms with Gasteiger partial charge in [0.05, 0.1) is 18.9 Å². The van der Waals surface area contributed by atoms with Gasteiger partial charge in [-0.05, 0) is 37.5 Å². The third kappa shape index (κ3) is 3.89. The van der Waals surface area contributed by atoms with Gasteiger partial charge >= 0.3 is 11.9 Å². The lowest BCUT2D eigenvalue weighted by Crippen LogP contribution is -2.43. The number of benzene rings is 1. The summed E-state index contributed by atoms with van der Waals surface area (Å²) in [6.07, 6.45) is 2.04. The third-order valence-corrected chi connectivity index (χ3v) is 4.18. The number of alkyl halides is 2. The van der Waals surface area contributed by atoms with Gasteiger partial charge in [0, 0.05) is 12.7 Å². The number of nitrogens with one attached hydrogen (secondary N) is 1. The highest BCUT2D eigenvalue weighted by molar-refractivity contribution is 5.90. The summed E-state index contributed by atoms with van der Waals surface area (Å²) in [5, 5.41) is 5.85. The quantitative estimate of drug-likeness (QED) is 0.799. The van der Waals surface area contributed by atoms with Crippen LogP contribution in [-0.4, -0.2) is 28.8 Å². The molecule has 1 aromatic carbocycles. The second-order valence-corrected chi connectivity index (χ2v) is 5.93. The Morgan fingerprint density at radius 2 is 2.00 bits per heavy atom. The van der Waals surface area contributed by atoms with E-state index in [-0.39, 0.29) is 0 Å². The van der Waals surface area contributed by atoms with E-state index in [1.807, 2.05) is 13.8 Å². The van der Waals surface area contributed by atoms with E-state index in [4.69, 9.17) is 0 Å². The first-order valence-electron chi connectivity index (χ1n) is 8.07. The lowest BCUT2D eigenvalue weighted by molar-refractivity contribution is -0.153. The monoisotopic (exact) mass is 365 g/mol. The van der Waals surface area contributed by atoms with Crippen LogP contribution in [0.4, 0.5) is 8.78 Å². The zero-order valence-electron chi connectivity index (χ0n) is 15.0. The summed E-state index contributed by atoms with van der Waals surface area (Å²) in [6.45, 7) is 5.83. The first-order valence-corrected chi connectivity index (χ1v) is 8.07. The number of rotatable bonds is 6. The lowest BCUT2D eigenvalue weighted by atomic mass is 10.0. The molecule has 1 aromatic heterocycles. The number of halogens is 2. The molecule has 0 aliphatic heterocycles. The highest BCUT2D eigenvalue weighted by Crippen LogP contribution is 2.29. The smallest absolute Gasteiger partial charge is 0.352 e. The minimum absolute atomic E-state index is 0.369. The van der Waals surface area contributed by atoms with Gasteiger partial charge in [-0.1, -0.05) is 18.2 Å². The van der Waals surface area contributed by atoms with Gasteiger partial charge in [-0.3, -0.25) is 9.48 Å². The Hall–Kier alpha value is -2.77. The van der Waals surface area contributed by atoms with E-state index in [2.05, 4.69) is 15.2 Å². The molecular weight excluding hydrogens is 344 g/mol. The number of carbonyl (C=O) groups excluding carboxylic acids is 2. The molecule has 0 aliphatic rings. The fraction of sp³-hybridized carbons (Fsp3) is 0.389. The Kier molecular flexibility index (Phi) is 5.74. The summed E-state index contributed by atoms with van der Waals surface area (Å²) < 4.78 is 34.9. The van der Waals surface area contributed by atoms with Crippen LogP contribution >= 0.6 is 0 Å². The van der Waals surface area contributed by atoms with Crippen molar-refractivity contribution < 1.29 is 23.1 Å². The average Bonchev–Trinajstić information content (AvgIpc) is 3.11. The van der Waals surface area contributed by atoms with Gasteiger partial charge in [-0.15, -0.1) is 0 Å². The molecule has 1 N–H and O–H groups in total. The first kappa shape index (κ1) is 19.6. The first-order chi connectivity index (χ1) is 12.2. The fourth-order valence-corrected chi connectivity index (χ4v) is 2.39. The molecule has 2 rings (SSSR count). The summed E-state index contributed by atoms with van der Waals surface area (Å²) >= 11 is 0.